The van der Waals surface area contributed by atoms with E-state index in [1.807, 2.05) is 14.0 Å². The van der Waals surface area contributed by atoms with Gasteiger partial charge in [-0.1, -0.05) is 0 Å². The standard InChI is InChI=1S/C12H25NO3/c1-12(10-14,13-2)6-3-4-7-16-11-5-8-15-9-11/h11,13-14H,3-10H2,1-2H3. The zero-order chi connectivity index (χ0) is 11.9. The van der Waals surface area contributed by atoms with E-state index in [1.54, 1.807) is 0 Å². The molecule has 96 valence electrons. The zero-order valence-corrected chi connectivity index (χ0v) is 10.5. The highest BCUT2D eigenvalue weighted by Gasteiger charge is 2.20. The van der Waals surface area contributed by atoms with Gasteiger partial charge in [0.25, 0.3) is 0 Å². The van der Waals surface area contributed by atoms with Crippen molar-refractivity contribution in [2.75, 3.05) is 33.5 Å². The van der Waals surface area contributed by atoms with E-state index in [9.17, 15) is 5.11 Å². The van der Waals surface area contributed by atoms with Crippen LogP contribution in [-0.2, 0) is 9.47 Å². The van der Waals surface area contributed by atoms with Crippen LogP contribution in [0.1, 0.15) is 32.6 Å². The Hall–Kier alpha value is -0.160. The monoisotopic (exact) mass is 231 g/mol. The number of hydrogen-bond acceptors (Lipinski definition) is 4. The summed E-state index contributed by atoms with van der Waals surface area (Å²) in [6.45, 7) is 4.62. The van der Waals surface area contributed by atoms with E-state index >= 15 is 0 Å². The Morgan fingerprint density at radius 1 is 1.50 bits per heavy atom. The van der Waals surface area contributed by atoms with Crippen LogP contribution in [0.4, 0.5) is 0 Å². The van der Waals surface area contributed by atoms with Crippen molar-refractivity contribution in [2.24, 2.45) is 0 Å². The molecule has 1 fully saturated rings. The molecule has 1 heterocycles. The molecule has 0 aliphatic carbocycles. The Kier molecular flexibility index (Phi) is 6.28. The molecule has 2 unspecified atom stereocenters. The first-order valence-electron chi connectivity index (χ1n) is 6.19. The van der Waals surface area contributed by atoms with Crippen LogP contribution >= 0.6 is 0 Å². The normalized spacial score (nSPS) is 24.6. The van der Waals surface area contributed by atoms with Crippen LogP contribution in [0.2, 0.25) is 0 Å². The summed E-state index contributed by atoms with van der Waals surface area (Å²) in [6, 6.07) is 0. The first-order valence-corrected chi connectivity index (χ1v) is 6.19. The van der Waals surface area contributed by atoms with Crippen molar-refractivity contribution in [1.82, 2.24) is 5.32 Å². The van der Waals surface area contributed by atoms with Gasteiger partial charge in [0, 0.05) is 18.8 Å². The van der Waals surface area contributed by atoms with E-state index in [-0.39, 0.29) is 12.1 Å². The summed E-state index contributed by atoms with van der Waals surface area (Å²) in [5.41, 5.74) is -0.142. The fraction of sp³-hybridized carbons (Fsp3) is 1.00. The lowest BCUT2D eigenvalue weighted by Gasteiger charge is -2.26. The number of ether oxygens (including phenoxy) is 2. The van der Waals surface area contributed by atoms with Gasteiger partial charge >= 0.3 is 0 Å². The van der Waals surface area contributed by atoms with Crippen LogP contribution in [0.5, 0.6) is 0 Å². The molecule has 4 heteroatoms. The van der Waals surface area contributed by atoms with Gasteiger partial charge in [0.2, 0.25) is 0 Å². The molecule has 1 aliphatic rings. The van der Waals surface area contributed by atoms with Crippen molar-refractivity contribution in [3.63, 3.8) is 0 Å². The van der Waals surface area contributed by atoms with E-state index in [2.05, 4.69) is 5.32 Å². The molecule has 0 bridgehead atoms. The lowest BCUT2D eigenvalue weighted by molar-refractivity contribution is 0.0393. The lowest BCUT2D eigenvalue weighted by Crippen LogP contribution is -2.43. The quantitative estimate of drug-likeness (QED) is 0.610. The molecular formula is C12H25NO3. The second-order valence-electron chi connectivity index (χ2n) is 4.78. The van der Waals surface area contributed by atoms with Gasteiger partial charge in [-0.15, -0.1) is 0 Å². The number of nitrogens with one attached hydrogen (secondary N) is 1. The SMILES string of the molecule is CNC(C)(CO)CCCCOC1CCOC1. The zero-order valence-electron chi connectivity index (χ0n) is 10.5. The molecular weight excluding hydrogens is 206 g/mol. The molecule has 0 amide bonds. The van der Waals surface area contributed by atoms with Crippen molar-refractivity contribution in [3.8, 4) is 0 Å². The van der Waals surface area contributed by atoms with Crippen LogP contribution < -0.4 is 5.32 Å². The summed E-state index contributed by atoms with van der Waals surface area (Å²) in [4.78, 5) is 0. The molecule has 2 atom stereocenters. The molecule has 0 spiro atoms. The Morgan fingerprint density at radius 3 is 2.88 bits per heavy atom. The molecule has 0 saturated carbocycles. The molecule has 1 aliphatic heterocycles. The van der Waals surface area contributed by atoms with Gasteiger partial charge in [-0.05, 0) is 39.7 Å². The maximum atomic E-state index is 9.20. The minimum atomic E-state index is -0.142. The van der Waals surface area contributed by atoms with Crippen LogP contribution in [0.15, 0.2) is 0 Å². The third-order valence-corrected chi connectivity index (χ3v) is 3.32. The molecule has 4 nitrogen and oxygen atoms in total. The fourth-order valence-electron chi connectivity index (χ4n) is 1.79. The van der Waals surface area contributed by atoms with Gasteiger partial charge in [-0.3, -0.25) is 0 Å². The van der Waals surface area contributed by atoms with E-state index in [0.29, 0.717) is 6.10 Å². The number of unbranched alkanes of at least 4 members (excludes halogenated alkanes) is 1. The summed E-state index contributed by atoms with van der Waals surface area (Å²) in [7, 11) is 1.89. The van der Waals surface area contributed by atoms with Crippen molar-refractivity contribution < 1.29 is 14.6 Å². The fourth-order valence-corrected chi connectivity index (χ4v) is 1.79. The Bertz CT molecular complexity index is 177. The number of hydrogen-bond donors (Lipinski definition) is 2. The molecule has 16 heavy (non-hydrogen) atoms. The van der Waals surface area contributed by atoms with Crippen LogP contribution in [-0.4, -0.2) is 50.2 Å². The summed E-state index contributed by atoms with van der Waals surface area (Å²) in [5, 5.41) is 12.4. The number of likely N-dealkylation sites (N-methyl/N-ethyl adjacent to an activating group) is 1. The maximum Gasteiger partial charge on any atom is 0.0830 e. The topological polar surface area (TPSA) is 50.7 Å². The van der Waals surface area contributed by atoms with E-state index in [0.717, 1.165) is 45.5 Å². The minimum Gasteiger partial charge on any atom is -0.394 e. The van der Waals surface area contributed by atoms with E-state index < -0.39 is 0 Å². The van der Waals surface area contributed by atoms with E-state index in [4.69, 9.17) is 9.47 Å². The average molecular weight is 231 g/mol. The summed E-state index contributed by atoms with van der Waals surface area (Å²) < 4.78 is 10.9. The predicted octanol–water partition coefficient (Wildman–Crippen LogP) is 0.933. The Labute approximate surface area is 98.3 Å². The van der Waals surface area contributed by atoms with Crippen molar-refractivity contribution >= 4 is 0 Å². The summed E-state index contributed by atoms with van der Waals surface area (Å²) >= 11 is 0. The highest BCUT2D eigenvalue weighted by atomic mass is 16.5. The Morgan fingerprint density at radius 2 is 2.31 bits per heavy atom. The second-order valence-corrected chi connectivity index (χ2v) is 4.78. The Balaban J connectivity index is 1.98. The smallest absolute Gasteiger partial charge is 0.0830 e. The first-order chi connectivity index (χ1) is 7.70. The van der Waals surface area contributed by atoms with E-state index in [1.165, 1.54) is 0 Å². The molecule has 1 rings (SSSR count). The van der Waals surface area contributed by atoms with Gasteiger partial charge < -0.3 is 19.9 Å². The highest BCUT2D eigenvalue weighted by molar-refractivity contribution is 4.79. The van der Waals surface area contributed by atoms with Crippen LogP contribution in [0.3, 0.4) is 0 Å². The molecule has 0 aromatic rings. The van der Waals surface area contributed by atoms with Gasteiger partial charge in [0.05, 0.1) is 19.3 Å². The third kappa shape index (κ3) is 4.78. The molecule has 0 aromatic carbocycles. The maximum absolute atomic E-state index is 9.20. The van der Waals surface area contributed by atoms with Gasteiger partial charge in [-0.2, -0.15) is 0 Å². The summed E-state index contributed by atoms with van der Waals surface area (Å²) in [6.07, 6.45) is 4.45. The van der Waals surface area contributed by atoms with Crippen LogP contribution in [0, 0.1) is 0 Å². The first kappa shape index (κ1) is 13.9. The molecule has 0 aromatic heterocycles. The number of rotatable bonds is 8. The van der Waals surface area contributed by atoms with Gasteiger partial charge in [0.15, 0.2) is 0 Å². The molecule has 1 saturated heterocycles. The van der Waals surface area contributed by atoms with Crippen molar-refractivity contribution in [1.29, 1.82) is 0 Å². The lowest BCUT2D eigenvalue weighted by atomic mass is 9.96. The third-order valence-electron chi connectivity index (χ3n) is 3.32. The number of aliphatic hydroxyl groups excluding tert-OH is 1. The largest absolute Gasteiger partial charge is 0.394 e. The summed E-state index contributed by atoms with van der Waals surface area (Å²) in [5.74, 6) is 0. The molecule has 2 N–H and O–H groups in total. The predicted molar refractivity (Wildman–Crippen MR) is 63.6 cm³/mol. The second kappa shape index (κ2) is 7.22. The van der Waals surface area contributed by atoms with Gasteiger partial charge in [0.1, 0.15) is 0 Å². The molecule has 0 radical (unpaired) electrons. The average Bonchev–Trinajstić information content (AvgIpc) is 2.81. The van der Waals surface area contributed by atoms with Gasteiger partial charge in [-0.25, -0.2) is 0 Å². The highest BCUT2D eigenvalue weighted by Crippen LogP contribution is 2.14. The van der Waals surface area contributed by atoms with Crippen molar-refractivity contribution in [3.05, 3.63) is 0 Å². The van der Waals surface area contributed by atoms with Crippen LogP contribution in [0.25, 0.3) is 0 Å². The van der Waals surface area contributed by atoms with Crippen molar-refractivity contribution in [2.45, 2.75) is 44.2 Å². The minimum absolute atomic E-state index is 0.142. The number of aliphatic hydroxyl groups is 1.